The molecule has 0 aliphatic carbocycles. The summed E-state index contributed by atoms with van der Waals surface area (Å²) in [5.74, 6) is -0.314. The molecule has 1 heterocycles. The fourth-order valence-electron chi connectivity index (χ4n) is 1.36. The fraction of sp³-hybridized carbons (Fsp3) is 0.857. The van der Waals surface area contributed by atoms with Crippen LogP contribution in [0, 0.1) is 0 Å². The number of sulfonamides is 1. The van der Waals surface area contributed by atoms with Crippen molar-refractivity contribution in [1.29, 1.82) is 0 Å². The maximum atomic E-state index is 11.4. The van der Waals surface area contributed by atoms with Crippen molar-refractivity contribution in [3.63, 3.8) is 0 Å². The quantitative estimate of drug-likeness (QED) is 0.579. The number of rotatable bonds is 4. The molecule has 0 spiro atoms. The minimum atomic E-state index is -3.39. The van der Waals surface area contributed by atoms with Gasteiger partial charge in [0, 0.05) is 20.1 Å². The van der Waals surface area contributed by atoms with E-state index in [4.69, 9.17) is 5.73 Å². The van der Waals surface area contributed by atoms with Crippen molar-refractivity contribution in [1.82, 2.24) is 9.62 Å². The van der Waals surface area contributed by atoms with Gasteiger partial charge in [-0.25, -0.2) is 13.1 Å². The molecule has 7 heteroatoms. The summed E-state index contributed by atoms with van der Waals surface area (Å²) in [5, 5.41) is 0. The summed E-state index contributed by atoms with van der Waals surface area (Å²) < 4.78 is 24.9. The Hall–Kier alpha value is -0.660. The van der Waals surface area contributed by atoms with Gasteiger partial charge in [-0.1, -0.05) is 0 Å². The molecule has 3 N–H and O–H groups in total. The second kappa shape index (κ2) is 4.24. The van der Waals surface area contributed by atoms with E-state index in [0.29, 0.717) is 13.0 Å². The monoisotopic (exact) mass is 221 g/mol. The van der Waals surface area contributed by atoms with Crippen LogP contribution in [0.1, 0.15) is 6.42 Å². The number of carbonyl (C=O) groups excluding carboxylic acids is 1. The van der Waals surface area contributed by atoms with Gasteiger partial charge < -0.3 is 10.6 Å². The highest BCUT2D eigenvalue weighted by molar-refractivity contribution is 7.89. The van der Waals surface area contributed by atoms with Gasteiger partial charge in [-0.05, 0) is 6.42 Å². The summed E-state index contributed by atoms with van der Waals surface area (Å²) >= 11 is 0. The van der Waals surface area contributed by atoms with Gasteiger partial charge in [0.05, 0.1) is 5.75 Å². The molecule has 1 rings (SSSR count). The molecule has 0 radical (unpaired) electrons. The standard InChI is InChI=1S/C7H15N3O3S/c1-10-4-2-6(7(10)11)9-14(12,13)5-3-8/h6,9H,2-5,8H2,1H3. The van der Waals surface area contributed by atoms with Gasteiger partial charge in [0.1, 0.15) is 6.04 Å². The van der Waals surface area contributed by atoms with Crippen molar-refractivity contribution in [2.24, 2.45) is 5.73 Å². The molecule has 0 saturated carbocycles. The smallest absolute Gasteiger partial charge is 0.240 e. The minimum absolute atomic E-state index is 0.0616. The second-order valence-corrected chi connectivity index (χ2v) is 5.20. The van der Waals surface area contributed by atoms with Crippen molar-refractivity contribution >= 4 is 15.9 Å². The Labute approximate surface area is 83.5 Å². The zero-order chi connectivity index (χ0) is 10.8. The van der Waals surface area contributed by atoms with Crippen molar-refractivity contribution in [2.45, 2.75) is 12.5 Å². The molecule has 1 amide bonds. The van der Waals surface area contributed by atoms with Gasteiger partial charge in [-0.3, -0.25) is 4.79 Å². The van der Waals surface area contributed by atoms with Crippen LogP contribution in [-0.2, 0) is 14.8 Å². The first-order valence-corrected chi connectivity index (χ1v) is 6.06. The van der Waals surface area contributed by atoms with E-state index in [2.05, 4.69) is 4.72 Å². The summed E-state index contributed by atoms with van der Waals surface area (Å²) in [6, 6.07) is -0.600. The van der Waals surface area contributed by atoms with Gasteiger partial charge >= 0.3 is 0 Å². The normalized spacial score (nSPS) is 23.1. The third kappa shape index (κ3) is 2.66. The lowest BCUT2D eigenvalue weighted by molar-refractivity contribution is -0.127. The van der Waals surface area contributed by atoms with Crippen molar-refractivity contribution in [3.05, 3.63) is 0 Å². The average molecular weight is 221 g/mol. The van der Waals surface area contributed by atoms with Crippen LogP contribution in [0.15, 0.2) is 0 Å². The van der Waals surface area contributed by atoms with E-state index in [1.807, 2.05) is 0 Å². The van der Waals surface area contributed by atoms with E-state index in [0.717, 1.165) is 0 Å². The van der Waals surface area contributed by atoms with Crippen LogP contribution in [0.3, 0.4) is 0 Å². The Balaban J connectivity index is 2.58. The van der Waals surface area contributed by atoms with Crippen LogP contribution in [0.5, 0.6) is 0 Å². The Morgan fingerprint density at radius 2 is 2.29 bits per heavy atom. The van der Waals surface area contributed by atoms with E-state index < -0.39 is 16.1 Å². The molecule has 0 aromatic heterocycles. The van der Waals surface area contributed by atoms with Crippen molar-refractivity contribution < 1.29 is 13.2 Å². The van der Waals surface area contributed by atoms with Crippen LogP contribution in [0.25, 0.3) is 0 Å². The maximum Gasteiger partial charge on any atom is 0.240 e. The molecule has 1 aliphatic heterocycles. The highest BCUT2D eigenvalue weighted by atomic mass is 32.2. The van der Waals surface area contributed by atoms with Gasteiger partial charge in [-0.2, -0.15) is 0 Å². The van der Waals surface area contributed by atoms with E-state index in [1.165, 1.54) is 4.90 Å². The summed E-state index contributed by atoms with van der Waals surface area (Å²) in [5.41, 5.74) is 5.14. The number of hydrogen-bond donors (Lipinski definition) is 2. The van der Waals surface area contributed by atoms with Crippen LogP contribution in [0.2, 0.25) is 0 Å². The summed E-state index contributed by atoms with van der Waals surface area (Å²) in [6.45, 7) is 0.654. The molecular weight excluding hydrogens is 206 g/mol. The molecule has 1 saturated heterocycles. The Morgan fingerprint density at radius 3 is 2.71 bits per heavy atom. The van der Waals surface area contributed by atoms with Crippen LogP contribution in [0.4, 0.5) is 0 Å². The molecule has 82 valence electrons. The molecule has 14 heavy (non-hydrogen) atoms. The Morgan fingerprint density at radius 1 is 1.64 bits per heavy atom. The summed E-state index contributed by atoms with van der Waals surface area (Å²) in [7, 11) is -1.74. The average Bonchev–Trinajstić information content (AvgIpc) is 2.35. The van der Waals surface area contributed by atoms with Gasteiger partial charge in [0.25, 0.3) is 0 Å². The number of nitrogens with two attached hydrogens (primary N) is 1. The summed E-state index contributed by atoms with van der Waals surface area (Å²) in [4.78, 5) is 12.9. The first-order chi connectivity index (χ1) is 6.46. The molecule has 1 aliphatic rings. The van der Waals surface area contributed by atoms with E-state index >= 15 is 0 Å². The number of carbonyl (C=O) groups is 1. The third-order valence-electron chi connectivity index (χ3n) is 2.14. The minimum Gasteiger partial charge on any atom is -0.344 e. The van der Waals surface area contributed by atoms with Gasteiger partial charge in [0.2, 0.25) is 15.9 Å². The lowest BCUT2D eigenvalue weighted by atomic mass is 10.3. The number of amides is 1. The number of nitrogens with one attached hydrogen (secondary N) is 1. The molecule has 0 aromatic carbocycles. The van der Waals surface area contributed by atoms with E-state index in [-0.39, 0.29) is 18.2 Å². The maximum absolute atomic E-state index is 11.4. The van der Waals surface area contributed by atoms with Gasteiger partial charge in [-0.15, -0.1) is 0 Å². The number of nitrogens with zero attached hydrogens (tertiary/aromatic N) is 1. The second-order valence-electron chi connectivity index (χ2n) is 3.33. The Bertz CT molecular complexity index is 314. The summed E-state index contributed by atoms with van der Waals surface area (Å²) in [6.07, 6.45) is 0.527. The lowest BCUT2D eigenvalue weighted by Gasteiger charge is -2.11. The molecule has 0 aromatic rings. The largest absolute Gasteiger partial charge is 0.344 e. The number of likely N-dealkylation sites (N-methyl/N-ethyl adjacent to an activating group) is 1. The number of likely N-dealkylation sites (tertiary alicyclic amines) is 1. The highest BCUT2D eigenvalue weighted by Gasteiger charge is 2.31. The van der Waals surface area contributed by atoms with E-state index in [9.17, 15) is 13.2 Å². The molecular formula is C7H15N3O3S. The predicted octanol–water partition coefficient (Wildman–Crippen LogP) is -1.90. The molecule has 1 fully saturated rings. The molecule has 0 bridgehead atoms. The Kier molecular flexibility index (Phi) is 3.46. The first kappa shape index (κ1) is 11.4. The number of hydrogen-bond acceptors (Lipinski definition) is 4. The first-order valence-electron chi connectivity index (χ1n) is 4.41. The van der Waals surface area contributed by atoms with E-state index in [1.54, 1.807) is 7.05 Å². The zero-order valence-corrected chi connectivity index (χ0v) is 8.88. The third-order valence-corrected chi connectivity index (χ3v) is 3.55. The molecule has 1 unspecified atom stereocenters. The lowest BCUT2D eigenvalue weighted by Crippen LogP contribution is -2.42. The van der Waals surface area contributed by atoms with Crippen molar-refractivity contribution in [2.75, 3.05) is 25.9 Å². The molecule has 6 nitrogen and oxygen atoms in total. The topological polar surface area (TPSA) is 92.5 Å². The SMILES string of the molecule is CN1CCC(NS(=O)(=O)CCN)C1=O. The van der Waals surface area contributed by atoms with Crippen LogP contribution < -0.4 is 10.5 Å². The van der Waals surface area contributed by atoms with Crippen LogP contribution >= 0.6 is 0 Å². The molecule has 1 atom stereocenters. The zero-order valence-electron chi connectivity index (χ0n) is 8.06. The fourth-order valence-corrected chi connectivity index (χ4v) is 2.44. The van der Waals surface area contributed by atoms with Crippen LogP contribution in [-0.4, -0.2) is 51.2 Å². The van der Waals surface area contributed by atoms with Crippen molar-refractivity contribution in [3.8, 4) is 0 Å². The predicted molar refractivity (Wildman–Crippen MR) is 52.0 cm³/mol. The van der Waals surface area contributed by atoms with Gasteiger partial charge in [0.15, 0.2) is 0 Å². The highest BCUT2D eigenvalue weighted by Crippen LogP contribution is 2.09.